The fourth-order valence-electron chi connectivity index (χ4n) is 3.86. The number of methoxy groups -OCH3 is 2. The molecular weight excluding hydrogens is 370 g/mol. The van der Waals surface area contributed by atoms with Gasteiger partial charge in [-0.1, -0.05) is 18.2 Å². The predicted octanol–water partition coefficient (Wildman–Crippen LogP) is 1.91. The summed E-state index contributed by atoms with van der Waals surface area (Å²) in [6, 6.07) is 11.9. The molecule has 2 aliphatic heterocycles. The monoisotopic (exact) mass is 397 g/mol. The number of carbonyl (C=O) groups excluding carboxylic acids is 1. The predicted molar refractivity (Wildman–Crippen MR) is 109 cm³/mol. The lowest BCUT2D eigenvalue weighted by Crippen LogP contribution is -2.43. The summed E-state index contributed by atoms with van der Waals surface area (Å²) in [5.41, 5.74) is 9.88. The number of ether oxygens (including phenoxy) is 3. The van der Waals surface area contributed by atoms with Crippen LogP contribution in [-0.2, 0) is 17.6 Å². The number of nitrogens with one attached hydrogen (secondary N) is 3. The van der Waals surface area contributed by atoms with Crippen LogP contribution in [0.2, 0.25) is 0 Å². The molecule has 2 atom stereocenters. The zero-order valence-electron chi connectivity index (χ0n) is 16.8. The normalized spacial score (nSPS) is 20.1. The van der Waals surface area contributed by atoms with E-state index in [0.717, 1.165) is 30.8 Å². The highest BCUT2D eigenvalue weighted by Crippen LogP contribution is 2.31. The third kappa shape index (κ3) is 4.31. The molecule has 2 aromatic carbocycles. The summed E-state index contributed by atoms with van der Waals surface area (Å²) in [7, 11) is 3.23. The van der Waals surface area contributed by atoms with Crippen LogP contribution in [0.3, 0.4) is 0 Å². The average Bonchev–Trinajstić information content (AvgIpc) is 3.42. The highest BCUT2D eigenvalue weighted by molar-refractivity contribution is 5.82. The molecule has 2 aliphatic rings. The summed E-state index contributed by atoms with van der Waals surface area (Å²) in [4.78, 5) is 12.5. The quantitative estimate of drug-likeness (QED) is 0.662. The molecule has 2 unspecified atom stereocenters. The molecule has 0 saturated carbocycles. The largest absolute Gasteiger partial charge is 0.493 e. The number of hydrazine groups is 1. The average molecular weight is 397 g/mol. The molecule has 7 heteroatoms. The van der Waals surface area contributed by atoms with E-state index >= 15 is 0 Å². The van der Waals surface area contributed by atoms with Gasteiger partial charge in [0.15, 0.2) is 11.5 Å². The number of benzene rings is 2. The van der Waals surface area contributed by atoms with Gasteiger partial charge in [0.05, 0.1) is 20.8 Å². The highest BCUT2D eigenvalue weighted by atomic mass is 16.5. The summed E-state index contributed by atoms with van der Waals surface area (Å²) in [5, 5.41) is 3.02. The van der Waals surface area contributed by atoms with Gasteiger partial charge in [-0.15, -0.1) is 0 Å². The number of hydrogen-bond acceptors (Lipinski definition) is 6. The van der Waals surface area contributed by atoms with Gasteiger partial charge < -0.3 is 19.5 Å². The summed E-state index contributed by atoms with van der Waals surface area (Å²) in [6.45, 7) is 1.31. The Kier molecular flexibility index (Phi) is 5.87. The number of amides is 1. The van der Waals surface area contributed by atoms with Gasteiger partial charge >= 0.3 is 0 Å². The van der Waals surface area contributed by atoms with Crippen molar-refractivity contribution in [2.75, 3.05) is 27.4 Å². The van der Waals surface area contributed by atoms with E-state index in [1.54, 1.807) is 14.2 Å². The Hall–Kier alpha value is -2.77. The third-order valence-electron chi connectivity index (χ3n) is 5.50. The zero-order valence-corrected chi connectivity index (χ0v) is 16.8. The minimum atomic E-state index is -0.255. The molecule has 29 heavy (non-hydrogen) atoms. The maximum Gasteiger partial charge on any atom is 0.238 e. The number of fused-ring (bicyclic) bond motifs is 1. The van der Waals surface area contributed by atoms with Gasteiger partial charge in [0.2, 0.25) is 5.91 Å². The van der Waals surface area contributed by atoms with Crippen LogP contribution in [0.15, 0.2) is 36.4 Å². The van der Waals surface area contributed by atoms with Crippen molar-refractivity contribution in [2.45, 2.75) is 31.3 Å². The van der Waals surface area contributed by atoms with Crippen molar-refractivity contribution in [1.82, 2.24) is 16.2 Å². The Morgan fingerprint density at radius 3 is 2.83 bits per heavy atom. The molecule has 2 aromatic rings. The standard InChI is InChI=1S/C22H27N3O4/c1-27-20-5-3-14(11-21(20)28-2)7-9-23-22(26)18-13-17(24-25-18)15-4-6-19-16(12-15)8-10-29-19/h3-6,11-12,17-18,24-25H,7-10,13H2,1-2H3,(H,23,26). The Balaban J connectivity index is 1.27. The second-order valence-electron chi connectivity index (χ2n) is 7.33. The lowest BCUT2D eigenvalue weighted by atomic mass is 9.99. The van der Waals surface area contributed by atoms with Crippen LogP contribution >= 0.6 is 0 Å². The first-order valence-corrected chi connectivity index (χ1v) is 9.93. The lowest BCUT2D eigenvalue weighted by molar-refractivity contribution is -0.122. The van der Waals surface area contributed by atoms with Crippen LogP contribution in [0.5, 0.6) is 17.2 Å². The summed E-state index contributed by atoms with van der Waals surface area (Å²) in [5.74, 6) is 2.38. The molecule has 1 saturated heterocycles. The van der Waals surface area contributed by atoms with Gasteiger partial charge in [-0.3, -0.25) is 4.79 Å². The van der Waals surface area contributed by atoms with E-state index in [1.165, 1.54) is 11.1 Å². The summed E-state index contributed by atoms with van der Waals surface area (Å²) < 4.78 is 16.2. The van der Waals surface area contributed by atoms with Gasteiger partial charge in [-0.25, -0.2) is 10.9 Å². The van der Waals surface area contributed by atoms with E-state index in [1.807, 2.05) is 24.3 Å². The Bertz CT molecular complexity index is 886. The van der Waals surface area contributed by atoms with Crippen LogP contribution in [0.1, 0.15) is 29.2 Å². The van der Waals surface area contributed by atoms with Crippen LogP contribution in [-0.4, -0.2) is 39.3 Å². The van der Waals surface area contributed by atoms with E-state index in [0.29, 0.717) is 24.5 Å². The minimum absolute atomic E-state index is 0.00460. The van der Waals surface area contributed by atoms with Crippen molar-refractivity contribution in [3.63, 3.8) is 0 Å². The molecule has 0 aromatic heterocycles. The van der Waals surface area contributed by atoms with Gasteiger partial charge in [-0.05, 0) is 47.7 Å². The second kappa shape index (κ2) is 8.71. The zero-order chi connectivity index (χ0) is 20.2. The topological polar surface area (TPSA) is 80.9 Å². The van der Waals surface area contributed by atoms with Gasteiger partial charge in [0.1, 0.15) is 11.8 Å². The lowest BCUT2D eigenvalue weighted by Gasteiger charge is -2.12. The Morgan fingerprint density at radius 1 is 1.14 bits per heavy atom. The SMILES string of the molecule is COc1ccc(CCNC(=O)C2CC(c3ccc4c(c3)CCO4)NN2)cc1OC. The van der Waals surface area contributed by atoms with Crippen LogP contribution in [0.25, 0.3) is 0 Å². The molecule has 0 radical (unpaired) electrons. The van der Waals surface area contributed by atoms with E-state index < -0.39 is 0 Å². The molecule has 154 valence electrons. The van der Waals surface area contributed by atoms with Crippen molar-refractivity contribution in [2.24, 2.45) is 0 Å². The number of hydrogen-bond donors (Lipinski definition) is 3. The molecule has 0 spiro atoms. The van der Waals surface area contributed by atoms with Crippen LogP contribution in [0.4, 0.5) is 0 Å². The van der Waals surface area contributed by atoms with Gasteiger partial charge in [0.25, 0.3) is 0 Å². The smallest absolute Gasteiger partial charge is 0.238 e. The van der Waals surface area contributed by atoms with E-state index in [9.17, 15) is 4.79 Å². The summed E-state index contributed by atoms with van der Waals surface area (Å²) in [6.07, 6.45) is 2.38. The maximum absolute atomic E-state index is 12.5. The molecule has 4 rings (SSSR count). The molecule has 3 N–H and O–H groups in total. The molecule has 1 amide bonds. The number of rotatable bonds is 7. The van der Waals surface area contributed by atoms with E-state index in [2.05, 4.69) is 28.3 Å². The molecule has 2 heterocycles. The van der Waals surface area contributed by atoms with Crippen LogP contribution in [0, 0.1) is 0 Å². The summed E-state index contributed by atoms with van der Waals surface area (Å²) >= 11 is 0. The van der Waals surface area contributed by atoms with Gasteiger partial charge in [-0.2, -0.15) is 0 Å². The second-order valence-corrected chi connectivity index (χ2v) is 7.33. The van der Waals surface area contributed by atoms with Crippen molar-refractivity contribution in [3.05, 3.63) is 53.1 Å². The fourth-order valence-corrected chi connectivity index (χ4v) is 3.86. The third-order valence-corrected chi connectivity index (χ3v) is 5.50. The highest BCUT2D eigenvalue weighted by Gasteiger charge is 2.30. The van der Waals surface area contributed by atoms with Crippen molar-refractivity contribution in [1.29, 1.82) is 0 Å². The van der Waals surface area contributed by atoms with Crippen LogP contribution < -0.4 is 30.4 Å². The Morgan fingerprint density at radius 2 is 2.00 bits per heavy atom. The van der Waals surface area contributed by atoms with Gasteiger partial charge in [0, 0.05) is 19.0 Å². The molecule has 7 nitrogen and oxygen atoms in total. The minimum Gasteiger partial charge on any atom is -0.493 e. The van der Waals surface area contributed by atoms with Crippen molar-refractivity contribution >= 4 is 5.91 Å². The first-order valence-electron chi connectivity index (χ1n) is 9.93. The van der Waals surface area contributed by atoms with Crippen molar-refractivity contribution in [3.8, 4) is 17.2 Å². The maximum atomic E-state index is 12.5. The Labute approximate surface area is 170 Å². The molecule has 0 aliphatic carbocycles. The molecule has 0 bridgehead atoms. The molecular formula is C22H27N3O4. The first-order chi connectivity index (χ1) is 14.2. The fraction of sp³-hybridized carbons (Fsp3) is 0.409. The first kappa shape index (κ1) is 19.5. The number of carbonyl (C=O) groups is 1. The molecule has 1 fully saturated rings. The van der Waals surface area contributed by atoms with E-state index in [4.69, 9.17) is 14.2 Å². The van der Waals surface area contributed by atoms with Crippen molar-refractivity contribution < 1.29 is 19.0 Å². The van der Waals surface area contributed by atoms with E-state index in [-0.39, 0.29) is 18.0 Å².